The molecule has 2 fully saturated rings. The van der Waals surface area contributed by atoms with E-state index in [0.717, 1.165) is 38.8 Å². The standard InChI is InChI=1S/C13H24N4O3/c18-7-6-17(8-11-2-1-5-14-11)9-12(19)16-13(20)15-10-3-4-10/h10-11,14,18H,1-9H2,(H2,15,16,19,20). The predicted octanol–water partition coefficient (Wildman–Crippen LogP) is -0.979. The number of carbonyl (C=O) groups excluding carboxylic acids is 2. The molecule has 0 radical (unpaired) electrons. The van der Waals surface area contributed by atoms with Gasteiger partial charge >= 0.3 is 6.03 Å². The second-order valence-electron chi connectivity index (χ2n) is 5.55. The van der Waals surface area contributed by atoms with Crippen molar-refractivity contribution in [3.63, 3.8) is 0 Å². The number of carbonyl (C=O) groups is 2. The summed E-state index contributed by atoms with van der Waals surface area (Å²) in [5.41, 5.74) is 0. The molecule has 1 unspecified atom stereocenters. The largest absolute Gasteiger partial charge is 0.395 e. The zero-order chi connectivity index (χ0) is 14.4. The molecule has 1 aliphatic heterocycles. The van der Waals surface area contributed by atoms with Gasteiger partial charge in [-0.05, 0) is 32.2 Å². The van der Waals surface area contributed by atoms with E-state index >= 15 is 0 Å². The molecule has 1 saturated carbocycles. The topological polar surface area (TPSA) is 93.7 Å². The first kappa shape index (κ1) is 15.2. The van der Waals surface area contributed by atoms with E-state index in [9.17, 15) is 9.59 Å². The number of aliphatic hydroxyl groups excluding tert-OH is 1. The van der Waals surface area contributed by atoms with Gasteiger partial charge in [0, 0.05) is 25.2 Å². The minimum absolute atomic E-state index is 0.00820. The monoisotopic (exact) mass is 284 g/mol. The summed E-state index contributed by atoms with van der Waals surface area (Å²) in [5, 5.41) is 17.5. The van der Waals surface area contributed by atoms with E-state index in [1.807, 2.05) is 4.90 Å². The molecular formula is C13H24N4O3. The minimum Gasteiger partial charge on any atom is -0.395 e. The van der Waals surface area contributed by atoms with Gasteiger partial charge in [0.25, 0.3) is 0 Å². The number of hydrogen-bond acceptors (Lipinski definition) is 5. The van der Waals surface area contributed by atoms with Gasteiger partial charge in [-0.25, -0.2) is 4.79 Å². The summed E-state index contributed by atoms with van der Waals surface area (Å²) in [6.07, 6.45) is 4.22. The van der Waals surface area contributed by atoms with Crippen LogP contribution in [0.1, 0.15) is 25.7 Å². The van der Waals surface area contributed by atoms with E-state index in [2.05, 4.69) is 16.0 Å². The molecule has 1 atom stereocenters. The third-order valence-electron chi connectivity index (χ3n) is 3.59. The molecule has 0 aromatic rings. The second-order valence-corrected chi connectivity index (χ2v) is 5.55. The van der Waals surface area contributed by atoms with Gasteiger partial charge in [0.05, 0.1) is 13.2 Å². The smallest absolute Gasteiger partial charge is 0.321 e. The molecule has 0 bridgehead atoms. The predicted molar refractivity (Wildman–Crippen MR) is 74.2 cm³/mol. The summed E-state index contributed by atoms with van der Waals surface area (Å²) in [7, 11) is 0. The van der Waals surface area contributed by atoms with Crippen LogP contribution in [0.2, 0.25) is 0 Å². The Morgan fingerprint density at radius 1 is 1.30 bits per heavy atom. The zero-order valence-electron chi connectivity index (χ0n) is 11.7. The molecule has 1 saturated heterocycles. The van der Waals surface area contributed by atoms with Crippen LogP contribution in [0.5, 0.6) is 0 Å². The molecule has 114 valence electrons. The van der Waals surface area contributed by atoms with Crippen LogP contribution in [0.4, 0.5) is 4.79 Å². The number of aliphatic hydroxyl groups is 1. The highest BCUT2D eigenvalue weighted by Gasteiger charge is 2.24. The number of urea groups is 1. The maximum Gasteiger partial charge on any atom is 0.321 e. The molecule has 7 heteroatoms. The Bertz CT molecular complexity index is 341. The second kappa shape index (κ2) is 7.56. The molecule has 20 heavy (non-hydrogen) atoms. The first-order chi connectivity index (χ1) is 9.67. The number of hydrogen-bond donors (Lipinski definition) is 4. The maximum absolute atomic E-state index is 11.8. The molecule has 2 aliphatic rings. The SMILES string of the molecule is O=C(CN(CCO)CC1CCCN1)NC(=O)NC1CC1. The fourth-order valence-corrected chi connectivity index (χ4v) is 2.42. The first-order valence-corrected chi connectivity index (χ1v) is 7.34. The van der Waals surface area contributed by atoms with Crippen LogP contribution in [0, 0.1) is 0 Å². The van der Waals surface area contributed by atoms with Crippen LogP contribution in [-0.2, 0) is 4.79 Å². The summed E-state index contributed by atoms with van der Waals surface area (Å²) in [6, 6.07) is 0.189. The molecule has 4 N–H and O–H groups in total. The van der Waals surface area contributed by atoms with Crippen LogP contribution >= 0.6 is 0 Å². The van der Waals surface area contributed by atoms with Gasteiger partial charge < -0.3 is 15.7 Å². The summed E-state index contributed by atoms with van der Waals surface area (Å²) in [5.74, 6) is -0.324. The Kier molecular flexibility index (Phi) is 5.75. The fraction of sp³-hybridized carbons (Fsp3) is 0.846. The van der Waals surface area contributed by atoms with E-state index < -0.39 is 6.03 Å². The highest BCUT2D eigenvalue weighted by molar-refractivity contribution is 5.95. The molecule has 3 amide bonds. The Labute approximate surface area is 119 Å². The van der Waals surface area contributed by atoms with Gasteiger partial charge in [-0.1, -0.05) is 0 Å². The van der Waals surface area contributed by atoms with E-state index in [0.29, 0.717) is 12.6 Å². The van der Waals surface area contributed by atoms with Crippen LogP contribution in [-0.4, -0.2) is 66.8 Å². The molecule has 0 aromatic heterocycles. The molecule has 1 heterocycles. The van der Waals surface area contributed by atoms with Crippen molar-refractivity contribution in [3.8, 4) is 0 Å². The Morgan fingerprint density at radius 3 is 2.70 bits per heavy atom. The van der Waals surface area contributed by atoms with Crippen molar-refractivity contribution in [1.82, 2.24) is 20.9 Å². The average molecular weight is 284 g/mol. The van der Waals surface area contributed by atoms with Gasteiger partial charge in [-0.2, -0.15) is 0 Å². The normalized spacial score (nSPS) is 22.0. The molecule has 0 aromatic carbocycles. The Morgan fingerprint density at radius 2 is 2.10 bits per heavy atom. The quantitative estimate of drug-likeness (QED) is 0.482. The van der Waals surface area contributed by atoms with Crippen molar-refractivity contribution in [2.24, 2.45) is 0 Å². The van der Waals surface area contributed by atoms with Crippen molar-refractivity contribution in [1.29, 1.82) is 0 Å². The number of imide groups is 1. The lowest BCUT2D eigenvalue weighted by Crippen LogP contribution is -2.48. The van der Waals surface area contributed by atoms with Crippen LogP contribution < -0.4 is 16.0 Å². The summed E-state index contributed by atoms with van der Waals surface area (Å²) < 4.78 is 0. The van der Waals surface area contributed by atoms with Crippen molar-refractivity contribution in [2.45, 2.75) is 37.8 Å². The van der Waals surface area contributed by atoms with Gasteiger partial charge in [0.2, 0.25) is 5.91 Å². The van der Waals surface area contributed by atoms with Crippen LogP contribution in [0.15, 0.2) is 0 Å². The molecule has 2 rings (SSSR count). The van der Waals surface area contributed by atoms with Crippen LogP contribution in [0.25, 0.3) is 0 Å². The first-order valence-electron chi connectivity index (χ1n) is 7.34. The third kappa shape index (κ3) is 5.44. The van der Waals surface area contributed by atoms with Crippen molar-refractivity contribution >= 4 is 11.9 Å². The van der Waals surface area contributed by atoms with Gasteiger partial charge in [-0.3, -0.25) is 15.0 Å². The van der Waals surface area contributed by atoms with Crippen molar-refractivity contribution < 1.29 is 14.7 Å². The van der Waals surface area contributed by atoms with Crippen molar-refractivity contribution in [2.75, 3.05) is 32.8 Å². The summed E-state index contributed by atoms with van der Waals surface area (Å²) >= 11 is 0. The lowest BCUT2D eigenvalue weighted by atomic mass is 10.2. The fourth-order valence-electron chi connectivity index (χ4n) is 2.42. The Hall–Kier alpha value is -1.18. The average Bonchev–Trinajstić information content (AvgIpc) is 3.03. The third-order valence-corrected chi connectivity index (χ3v) is 3.59. The lowest BCUT2D eigenvalue weighted by molar-refractivity contribution is -0.121. The molecular weight excluding hydrogens is 260 g/mol. The summed E-state index contributed by atoms with van der Waals surface area (Å²) in [6.45, 7) is 2.31. The van der Waals surface area contributed by atoms with E-state index in [1.54, 1.807) is 0 Å². The minimum atomic E-state index is -0.416. The van der Waals surface area contributed by atoms with E-state index in [1.165, 1.54) is 0 Å². The van der Waals surface area contributed by atoms with Gasteiger partial charge in [0.15, 0.2) is 0 Å². The van der Waals surface area contributed by atoms with E-state index in [4.69, 9.17) is 5.11 Å². The highest BCUT2D eigenvalue weighted by atomic mass is 16.3. The number of rotatable bonds is 7. The molecule has 0 spiro atoms. The van der Waals surface area contributed by atoms with Gasteiger partial charge in [0.1, 0.15) is 0 Å². The summed E-state index contributed by atoms with van der Waals surface area (Å²) in [4.78, 5) is 25.1. The molecule has 7 nitrogen and oxygen atoms in total. The van der Waals surface area contributed by atoms with Crippen molar-refractivity contribution in [3.05, 3.63) is 0 Å². The lowest BCUT2D eigenvalue weighted by Gasteiger charge is -2.24. The van der Waals surface area contributed by atoms with Gasteiger partial charge in [-0.15, -0.1) is 0 Å². The Balaban J connectivity index is 1.70. The maximum atomic E-state index is 11.8. The number of nitrogens with one attached hydrogen (secondary N) is 3. The molecule has 1 aliphatic carbocycles. The number of amides is 3. The highest BCUT2D eigenvalue weighted by Crippen LogP contribution is 2.18. The zero-order valence-corrected chi connectivity index (χ0v) is 11.7. The van der Waals surface area contributed by atoms with Crippen LogP contribution in [0.3, 0.4) is 0 Å². The van der Waals surface area contributed by atoms with E-state index in [-0.39, 0.29) is 25.1 Å². The number of nitrogens with zero attached hydrogens (tertiary/aromatic N) is 1.